The molecule has 31 heavy (non-hydrogen) atoms. The van der Waals surface area contributed by atoms with Gasteiger partial charge in [0.15, 0.2) is 0 Å². The standard InChI is InChI=1S/C25H33N3O3/c1-19-5-4-6-22(15-19)26-11-13-27(14-12-26)25(29)18-28(21-7-8-21)17-20-16-23(30-2)9-10-24(20)31-3/h4-6,9-10,15-16,21H,7-8,11-14,17-18H2,1-3H3. The third kappa shape index (κ3) is 5.31. The summed E-state index contributed by atoms with van der Waals surface area (Å²) in [6, 6.07) is 14.9. The summed E-state index contributed by atoms with van der Waals surface area (Å²) in [7, 11) is 3.36. The number of nitrogens with zero attached hydrogens (tertiary/aromatic N) is 3. The quantitative estimate of drug-likeness (QED) is 0.652. The molecule has 2 aliphatic rings. The topological polar surface area (TPSA) is 45.3 Å². The molecule has 1 amide bonds. The number of anilines is 1. The van der Waals surface area contributed by atoms with Crippen LogP contribution in [0.4, 0.5) is 5.69 Å². The van der Waals surface area contributed by atoms with Crippen LogP contribution in [-0.2, 0) is 11.3 Å². The third-order valence-electron chi connectivity index (χ3n) is 6.26. The summed E-state index contributed by atoms with van der Waals surface area (Å²) in [5, 5.41) is 0. The summed E-state index contributed by atoms with van der Waals surface area (Å²) < 4.78 is 10.9. The molecule has 1 aliphatic heterocycles. The highest BCUT2D eigenvalue weighted by molar-refractivity contribution is 5.78. The van der Waals surface area contributed by atoms with E-state index in [4.69, 9.17) is 9.47 Å². The van der Waals surface area contributed by atoms with E-state index in [9.17, 15) is 4.79 Å². The van der Waals surface area contributed by atoms with Gasteiger partial charge in [-0.05, 0) is 55.7 Å². The van der Waals surface area contributed by atoms with E-state index in [0.717, 1.165) is 56.1 Å². The molecule has 0 N–H and O–H groups in total. The average molecular weight is 424 g/mol. The van der Waals surface area contributed by atoms with Gasteiger partial charge in [-0.2, -0.15) is 0 Å². The molecular formula is C25H33N3O3. The van der Waals surface area contributed by atoms with Gasteiger partial charge < -0.3 is 19.3 Å². The molecule has 1 saturated heterocycles. The molecule has 0 radical (unpaired) electrons. The Morgan fingerprint density at radius 2 is 1.81 bits per heavy atom. The number of benzene rings is 2. The maximum absolute atomic E-state index is 13.1. The van der Waals surface area contributed by atoms with E-state index in [1.807, 2.05) is 23.1 Å². The van der Waals surface area contributed by atoms with Crippen molar-refractivity contribution in [3.63, 3.8) is 0 Å². The highest BCUT2D eigenvalue weighted by Crippen LogP contribution is 2.32. The van der Waals surface area contributed by atoms with Crippen molar-refractivity contribution in [1.29, 1.82) is 0 Å². The Morgan fingerprint density at radius 1 is 1.03 bits per heavy atom. The molecule has 0 spiro atoms. The molecule has 166 valence electrons. The van der Waals surface area contributed by atoms with E-state index >= 15 is 0 Å². The van der Waals surface area contributed by atoms with Gasteiger partial charge in [-0.3, -0.25) is 9.69 Å². The second-order valence-electron chi connectivity index (χ2n) is 8.52. The molecule has 6 nitrogen and oxygen atoms in total. The summed E-state index contributed by atoms with van der Waals surface area (Å²) in [5.41, 5.74) is 3.58. The first kappa shape index (κ1) is 21.5. The van der Waals surface area contributed by atoms with E-state index in [2.05, 4.69) is 41.0 Å². The van der Waals surface area contributed by atoms with Crippen LogP contribution in [0.5, 0.6) is 11.5 Å². The zero-order chi connectivity index (χ0) is 21.8. The van der Waals surface area contributed by atoms with Crippen molar-refractivity contribution in [2.75, 3.05) is 51.8 Å². The molecule has 2 aromatic rings. The summed E-state index contributed by atoms with van der Waals surface area (Å²) >= 11 is 0. The zero-order valence-electron chi connectivity index (χ0n) is 18.8. The van der Waals surface area contributed by atoms with Crippen molar-refractivity contribution < 1.29 is 14.3 Å². The van der Waals surface area contributed by atoms with E-state index in [1.54, 1.807) is 14.2 Å². The summed E-state index contributed by atoms with van der Waals surface area (Å²) in [4.78, 5) is 19.8. The molecule has 2 fully saturated rings. The van der Waals surface area contributed by atoms with Gasteiger partial charge >= 0.3 is 0 Å². The minimum absolute atomic E-state index is 0.220. The van der Waals surface area contributed by atoms with Crippen molar-refractivity contribution >= 4 is 11.6 Å². The Kier molecular flexibility index (Phi) is 6.66. The first-order valence-corrected chi connectivity index (χ1v) is 11.1. The van der Waals surface area contributed by atoms with Crippen LogP contribution in [-0.4, -0.2) is 68.7 Å². The molecule has 0 aromatic heterocycles. The molecule has 4 rings (SSSR count). The molecule has 1 heterocycles. The predicted molar refractivity (Wildman–Crippen MR) is 123 cm³/mol. The number of carbonyl (C=O) groups is 1. The normalized spacial score (nSPS) is 16.5. The van der Waals surface area contributed by atoms with Crippen molar-refractivity contribution in [3.05, 3.63) is 53.6 Å². The average Bonchev–Trinajstić information content (AvgIpc) is 3.64. The minimum Gasteiger partial charge on any atom is -0.497 e. The number of piperazine rings is 1. The van der Waals surface area contributed by atoms with Crippen LogP contribution in [0.1, 0.15) is 24.0 Å². The Hall–Kier alpha value is -2.73. The molecule has 1 saturated carbocycles. The number of rotatable bonds is 8. The van der Waals surface area contributed by atoms with E-state index in [0.29, 0.717) is 19.1 Å². The van der Waals surface area contributed by atoms with Gasteiger partial charge in [0.2, 0.25) is 5.91 Å². The van der Waals surface area contributed by atoms with Gasteiger partial charge in [0, 0.05) is 50.0 Å². The summed E-state index contributed by atoms with van der Waals surface area (Å²) in [6.07, 6.45) is 2.31. The number of hydrogen-bond donors (Lipinski definition) is 0. The summed E-state index contributed by atoms with van der Waals surface area (Å²) in [5.74, 6) is 1.87. The van der Waals surface area contributed by atoms with Crippen LogP contribution in [0.25, 0.3) is 0 Å². The first-order chi connectivity index (χ1) is 15.1. The van der Waals surface area contributed by atoms with Crippen LogP contribution < -0.4 is 14.4 Å². The van der Waals surface area contributed by atoms with Crippen molar-refractivity contribution in [2.45, 2.75) is 32.4 Å². The van der Waals surface area contributed by atoms with Gasteiger partial charge in [0.25, 0.3) is 0 Å². The van der Waals surface area contributed by atoms with Gasteiger partial charge in [-0.15, -0.1) is 0 Å². The van der Waals surface area contributed by atoms with Crippen LogP contribution in [0.15, 0.2) is 42.5 Å². The lowest BCUT2D eigenvalue weighted by molar-refractivity contribution is -0.133. The Bertz CT molecular complexity index is 905. The van der Waals surface area contributed by atoms with Crippen LogP contribution >= 0.6 is 0 Å². The Labute approximate surface area is 185 Å². The molecule has 6 heteroatoms. The second kappa shape index (κ2) is 9.60. The lowest BCUT2D eigenvalue weighted by atomic mass is 10.1. The maximum atomic E-state index is 13.1. The molecule has 1 aliphatic carbocycles. The number of aryl methyl sites for hydroxylation is 1. The number of methoxy groups -OCH3 is 2. The van der Waals surface area contributed by atoms with E-state index in [-0.39, 0.29) is 5.91 Å². The third-order valence-corrected chi connectivity index (χ3v) is 6.26. The van der Waals surface area contributed by atoms with E-state index < -0.39 is 0 Å². The smallest absolute Gasteiger partial charge is 0.236 e. The van der Waals surface area contributed by atoms with Gasteiger partial charge in [-0.25, -0.2) is 0 Å². The SMILES string of the molecule is COc1ccc(OC)c(CN(CC(=O)N2CCN(c3cccc(C)c3)CC2)C2CC2)c1. The molecular weight excluding hydrogens is 390 g/mol. The Morgan fingerprint density at radius 3 is 2.45 bits per heavy atom. The fraction of sp³-hybridized carbons (Fsp3) is 0.480. The number of carbonyl (C=O) groups excluding carboxylic acids is 1. The van der Waals surface area contributed by atoms with E-state index in [1.165, 1.54) is 11.3 Å². The minimum atomic E-state index is 0.220. The molecule has 0 atom stereocenters. The zero-order valence-corrected chi connectivity index (χ0v) is 18.8. The van der Waals surface area contributed by atoms with Gasteiger partial charge in [0.05, 0.1) is 20.8 Å². The number of amides is 1. The molecule has 2 aromatic carbocycles. The lowest BCUT2D eigenvalue weighted by Crippen LogP contribution is -2.51. The van der Waals surface area contributed by atoms with Crippen LogP contribution in [0.3, 0.4) is 0 Å². The number of ether oxygens (including phenoxy) is 2. The molecule has 0 unspecified atom stereocenters. The molecule has 0 bridgehead atoms. The van der Waals surface area contributed by atoms with Crippen LogP contribution in [0.2, 0.25) is 0 Å². The van der Waals surface area contributed by atoms with Crippen LogP contribution in [0, 0.1) is 6.92 Å². The maximum Gasteiger partial charge on any atom is 0.236 e. The van der Waals surface area contributed by atoms with Gasteiger partial charge in [0.1, 0.15) is 11.5 Å². The van der Waals surface area contributed by atoms with Crippen molar-refractivity contribution in [2.24, 2.45) is 0 Å². The van der Waals surface area contributed by atoms with Gasteiger partial charge in [-0.1, -0.05) is 12.1 Å². The largest absolute Gasteiger partial charge is 0.497 e. The monoisotopic (exact) mass is 423 g/mol. The Balaban J connectivity index is 1.37. The number of hydrogen-bond acceptors (Lipinski definition) is 5. The second-order valence-corrected chi connectivity index (χ2v) is 8.52. The van der Waals surface area contributed by atoms with Crippen molar-refractivity contribution in [3.8, 4) is 11.5 Å². The van der Waals surface area contributed by atoms with Crippen molar-refractivity contribution in [1.82, 2.24) is 9.80 Å². The lowest BCUT2D eigenvalue weighted by Gasteiger charge is -2.37. The summed E-state index contributed by atoms with van der Waals surface area (Å²) in [6.45, 7) is 6.56. The highest BCUT2D eigenvalue weighted by atomic mass is 16.5. The fourth-order valence-corrected chi connectivity index (χ4v) is 4.29. The highest BCUT2D eigenvalue weighted by Gasteiger charge is 2.32. The predicted octanol–water partition coefficient (Wildman–Crippen LogP) is 3.33. The first-order valence-electron chi connectivity index (χ1n) is 11.1. The fourth-order valence-electron chi connectivity index (χ4n) is 4.29.